The molecular weight excluding hydrogens is 320 g/mol. The van der Waals surface area contributed by atoms with Gasteiger partial charge in [-0.2, -0.15) is 5.10 Å². The van der Waals surface area contributed by atoms with Gasteiger partial charge in [0.15, 0.2) is 0 Å². The highest BCUT2D eigenvalue weighted by atomic mass is 16.5. The molecule has 0 amide bonds. The van der Waals surface area contributed by atoms with Crippen LogP contribution in [0.3, 0.4) is 0 Å². The largest absolute Gasteiger partial charge is 0.491 e. The van der Waals surface area contributed by atoms with Crippen LogP contribution in [0.15, 0.2) is 33.5 Å². The van der Waals surface area contributed by atoms with Gasteiger partial charge in [-0.15, -0.1) is 0 Å². The second-order valence-corrected chi connectivity index (χ2v) is 6.35. The van der Waals surface area contributed by atoms with Crippen LogP contribution >= 0.6 is 0 Å². The molecule has 0 saturated heterocycles. The second-order valence-electron chi connectivity index (χ2n) is 6.35. The van der Waals surface area contributed by atoms with Crippen molar-refractivity contribution in [3.63, 3.8) is 0 Å². The maximum Gasteiger partial charge on any atom is 0.336 e. The molecular formula is C19H22N2O4. The summed E-state index contributed by atoms with van der Waals surface area (Å²) in [6.45, 7) is 8.30. The van der Waals surface area contributed by atoms with E-state index in [9.17, 15) is 9.90 Å². The Labute approximate surface area is 145 Å². The smallest absolute Gasteiger partial charge is 0.336 e. The molecule has 1 N–H and O–H groups in total. The van der Waals surface area contributed by atoms with Gasteiger partial charge in [-0.05, 0) is 51.0 Å². The van der Waals surface area contributed by atoms with Crippen molar-refractivity contribution < 1.29 is 14.3 Å². The quantitative estimate of drug-likeness (QED) is 0.721. The maximum absolute atomic E-state index is 11.5. The predicted molar refractivity (Wildman–Crippen MR) is 95.2 cm³/mol. The van der Waals surface area contributed by atoms with Crippen molar-refractivity contribution in [2.45, 2.75) is 40.3 Å². The topological polar surface area (TPSA) is 77.5 Å². The van der Waals surface area contributed by atoms with E-state index < -0.39 is 6.10 Å². The van der Waals surface area contributed by atoms with Gasteiger partial charge in [0.25, 0.3) is 0 Å². The number of aliphatic hydroxyl groups is 1. The molecule has 0 aliphatic rings. The number of rotatable bonds is 5. The summed E-state index contributed by atoms with van der Waals surface area (Å²) in [6.07, 6.45) is -0.697. The number of hydrogen-bond donors (Lipinski definition) is 1. The van der Waals surface area contributed by atoms with Gasteiger partial charge in [-0.3, -0.25) is 4.68 Å². The van der Waals surface area contributed by atoms with Crippen molar-refractivity contribution in [1.29, 1.82) is 0 Å². The van der Waals surface area contributed by atoms with E-state index in [0.29, 0.717) is 17.9 Å². The summed E-state index contributed by atoms with van der Waals surface area (Å²) in [4.78, 5) is 11.5. The minimum atomic E-state index is -0.697. The normalized spacial score (nSPS) is 12.5. The van der Waals surface area contributed by atoms with Gasteiger partial charge in [0.2, 0.25) is 0 Å². The molecule has 0 spiro atoms. The summed E-state index contributed by atoms with van der Waals surface area (Å²) in [7, 11) is 0. The van der Waals surface area contributed by atoms with E-state index >= 15 is 0 Å². The molecule has 0 saturated carbocycles. The van der Waals surface area contributed by atoms with Crippen molar-refractivity contribution in [2.24, 2.45) is 0 Å². The average Bonchev–Trinajstić information content (AvgIpc) is 2.79. The Morgan fingerprint density at radius 1 is 1.24 bits per heavy atom. The Morgan fingerprint density at radius 2 is 2.00 bits per heavy atom. The summed E-state index contributed by atoms with van der Waals surface area (Å²) < 4.78 is 12.6. The van der Waals surface area contributed by atoms with E-state index in [1.807, 2.05) is 33.8 Å². The lowest BCUT2D eigenvalue weighted by Crippen LogP contribution is -2.24. The Hall–Kier alpha value is -2.60. The number of hydrogen-bond acceptors (Lipinski definition) is 5. The first-order valence-electron chi connectivity index (χ1n) is 8.21. The zero-order chi connectivity index (χ0) is 18.1. The standard InChI is InChI=1S/C19H22N2O4/c1-11-7-19(23)25-18-8-16(5-6-17(11)18)24-10-15(22)9-21-14(4)12(2)13(3)20-21/h5-8,15,22H,9-10H2,1-4H3/t15-/m1/s1. The second kappa shape index (κ2) is 6.72. The van der Waals surface area contributed by atoms with Crippen LogP contribution < -0.4 is 10.4 Å². The lowest BCUT2D eigenvalue weighted by molar-refractivity contribution is 0.0887. The molecule has 0 bridgehead atoms. The third-order valence-corrected chi connectivity index (χ3v) is 4.49. The maximum atomic E-state index is 11.5. The Kier molecular flexibility index (Phi) is 4.63. The lowest BCUT2D eigenvalue weighted by atomic mass is 10.1. The fourth-order valence-electron chi connectivity index (χ4n) is 2.80. The minimum Gasteiger partial charge on any atom is -0.491 e. The molecule has 3 rings (SSSR count). The fourth-order valence-corrected chi connectivity index (χ4v) is 2.80. The van der Waals surface area contributed by atoms with E-state index in [1.165, 1.54) is 6.07 Å². The fraction of sp³-hybridized carbons (Fsp3) is 0.368. The van der Waals surface area contributed by atoms with Gasteiger partial charge in [-0.1, -0.05) is 0 Å². The molecule has 0 fully saturated rings. The predicted octanol–water partition coefficient (Wildman–Crippen LogP) is 2.66. The zero-order valence-corrected chi connectivity index (χ0v) is 14.9. The summed E-state index contributed by atoms with van der Waals surface area (Å²) in [6, 6.07) is 6.78. The molecule has 0 aliphatic heterocycles. The monoisotopic (exact) mass is 342 g/mol. The molecule has 6 nitrogen and oxygen atoms in total. The van der Waals surface area contributed by atoms with Gasteiger partial charge in [0.05, 0.1) is 12.2 Å². The molecule has 2 aromatic heterocycles. The van der Waals surface area contributed by atoms with E-state index in [1.54, 1.807) is 16.8 Å². The number of aliphatic hydroxyl groups excluding tert-OH is 1. The molecule has 132 valence electrons. The van der Waals surface area contributed by atoms with Crippen LogP contribution in [0.1, 0.15) is 22.5 Å². The first-order chi connectivity index (χ1) is 11.8. The lowest BCUT2D eigenvalue weighted by Gasteiger charge is -2.14. The molecule has 1 atom stereocenters. The van der Waals surface area contributed by atoms with Gasteiger partial charge in [0, 0.05) is 23.2 Å². The molecule has 6 heteroatoms. The Bertz CT molecular complexity index is 971. The Morgan fingerprint density at radius 3 is 2.68 bits per heavy atom. The van der Waals surface area contributed by atoms with Gasteiger partial charge >= 0.3 is 5.63 Å². The van der Waals surface area contributed by atoms with Gasteiger partial charge in [0.1, 0.15) is 24.0 Å². The Balaban J connectivity index is 1.69. The first-order valence-corrected chi connectivity index (χ1v) is 8.21. The molecule has 25 heavy (non-hydrogen) atoms. The molecule has 1 aromatic carbocycles. The van der Waals surface area contributed by atoms with Crippen molar-refractivity contribution in [3.8, 4) is 5.75 Å². The zero-order valence-electron chi connectivity index (χ0n) is 14.9. The van der Waals surface area contributed by atoms with Crippen molar-refractivity contribution >= 4 is 11.0 Å². The molecule has 3 aromatic rings. The third-order valence-electron chi connectivity index (χ3n) is 4.49. The van der Waals surface area contributed by atoms with Gasteiger partial charge in [-0.25, -0.2) is 4.79 Å². The van der Waals surface area contributed by atoms with Crippen LogP contribution in [0.4, 0.5) is 0 Å². The first kappa shape index (κ1) is 17.2. The van der Waals surface area contributed by atoms with Crippen LogP contribution in [-0.2, 0) is 6.54 Å². The average molecular weight is 342 g/mol. The molecule has 0 unspecified atom stereocenters. The molecule has 0 aliphatic carbocycles. The van der Waals surface area contributed by atoms with E-state index in [-0.39, 0.29) is 12.2 Å². The number of benzene rings is 1. The molecule has 2 heterocycles. The van der Waals surface area contributed by atoms with Crippen LogP contribution in [0.25, 0.3) is 11.0 Å². The third kappa shape index (κ3) is 3.58. The minimum absolute atomic E-state index is 0.124. The summed E-state index contributed by atoms with van der Waals surface area (Å²) in [5, 5.41) is 15.5. The number of fused-ring (bicyclic) bond motifs is 1. The summed E-state index contributed by atoms with van der Waals surface area (Å²) >= 11 is 0. The summed E-state index contributed by atoms with van der Waals surface area (Å²) in [5.74, 6) is 0.546. The van der Waals surface area contributed by atoms with Crippen LogP contribution in [0, 0.1) is 27.7 Å². The SMILES string of the molecule is Cc1nn(C[C@@H](O)COc2ccc3c(C)cc(=O)oc3c2)c(C)c1C. The van der Waals surface area contributed by atoms with Crippen LogP contribution in [-0.4, -0.2) is 27.6 Å². The summed E-state index contributed by atoms with van der Waals surface area (Å²) in [5.41, 5.74) is 4.09. The van der Waals surface area contributed by atoms with Crippen molar-refractivity contribution in [3.05, 3.63) is 57.2 Å². The van der Waals surface area contributed by atoms with Crippen LogP contribution in [0.5, 0.6) is 5.75 Å². The van der Waals surface area contributed by atoms with Crippen LogP contribution in [0.2, 0.25) is 0 Å². The molecule has 0 radical (unpaired) electrons. The highest BCUT2D eigenvalue weighted by Gasteiger charge is 2.13. The number of aromatic nitrogens is 2. The number of ether oxygens (including phenoxy) is 1. The van der Waals surface area contributed by atoms with E-state index in [4.69, 9.17) is 9.15 Å². The number of nitrogens with zero attached hydrogens (tertiary/aromatic N) is 2. The van der Waals surface area contributed by atoms with Gasteiger partial charge < -0.3 is 14.3 Å². The van der Waals surface area contributed by atoms with E-state index in [0.717, 1.165) is 27.9 Å². The number of aryl methyl sites for hydroxylation is 2. The van der Waals surface area contributed by atoms with Crippen molar-refractivity contribution in [1.82, 2.24) is 9.78 Å². The highest BCUT2D eigenvalue weighted by molar-refractivity contribution is 5.81. The van der Waals surface area contributed by atoms with E-state index in [2.05, 4.69) is 5.10 Å². The van der Waals surface area contributed by atoms with Crippen molar-refractivity contribution in [2.75, 3.05) is 6.61 Å². The highest BCUT2D eigenvalue weighted by Crippen LogP contribution is 2.22.